The van der Waals surface area contributed by atoms with Crippen molar-refractivity contribution >= 4 is 29.8 Å². The first-order chi connectivity index (χ1) is 16.1. The number of hydrogen-bond donors (Lipinski definition) is 0. The third-order valence-corrected chi connectivity index (χ3v) is 11.9. The quantitative estimate of drug-likeness (QED) is 0.307. The Morgan fingerprint density at radius 3 is 2.43 bits per heavy atom. The maximum Gasteiger partial charge on any atom is 0.251 e. The van der Waals surface area contributed by atoms with E-state index in [4.69, 9.17) is 16.0 Å². The molecule has 0 saturated carbocycles. The third-order valence-electron chi connectivity index (χ3n) is 6.28. The summed E-state index contributed by atoms with van der Waals surface area (Å²) in [5.41, 5.74) is 1.03. The number of pyridine rings is 1. The van der Waals surface area contributed by atoms with Crippen molar-refractivity contribution in [2.75, 3.05) is 12.9 Å². The van der Waals surface area contributed by atoms with Crippen LogP contribution in [0.15, 0.2) is 58.7 Å². The van der Waals surface area contributed by atoms with Crippen LogP contribution in [0.25, 0.3) is 11.3 Å². The number of hydrogen-bond acceptors (Lipinski definition) is 6. The van der Waals surface area contributed by atoms with Crippen molar-refractivity contribution in [3.8, 4) is 11.3 Å². The van der Waals surface area contributed by atoms with Gasteiger partial charge in [0.25, 0.3) is 5.56 Å². The third kappa shape index (κ3) is 6.24. The van der Waals surface area contributed by atoms with Gasteiger partial charge in [-0.25, -0.2) is 22.8 Å². The predicted octanol–water partition coefficient (Wildman–Crippen LogP) is 5.11. The molecule has 0 bridgehead atoms. The lowest BCUT2D eigenvalue weighted by Gasteiger charge is -2.37. The van der Waals surface area contributed by atoms with E-state index in [0.29, 0.717) is 16.8 Å². The Bertz CT molecular complexity index is 1400. The van der Waals surface area contributed by atoms with E-state index in [1.54, 1.807) is 18.3 Å². The van der Waals surface area contributed by atoms with Crippen LogP contribution in [-0.2, 0) is 14.3 Å². The number of aromatic nitrogens is 3. The Hall–Kier alpha value is -2.40. The molecule has 0 N–H and O–H groups in total. The lowest BCUT2D eigenvalue weighted by Crippen LogP contribution is -2.43. The highest BCUT2D eigenvalue weighted by Gasteiger charge is 2.38. The Labute approximate surface area is 211 Å². The lowest BCUT2D eigenvalue weighted by molar-refractivity contribution is 0.246. The number of rotatable bonds is 7. The summed E-state index contributed by atoms with van der Waals surface area (Å²) in [6, 6.07) is 8.37. The van der Waals surface area contributed by atoms with E-state index >= 15 is 0 Å². The van der Waals surface area contributed by atoms with Gasteiger partial charge in [0.2, 0.25) is 15.0 Å². The number of nitrogens with zero attached hydrogens (tertiary/aromatic N) is 3. The van der Waals surface area contributed by atoms with Gasteiger partial charge in [-0.15, -0.1) is 0 Å². The average Bonchev–Trinajstić information content (AvgIpc) is 2.75. The van der Waals surface area contributed by atoms with Crippen LogP contribution in [0.4, 0.5) is 4.39 Å². The van der Waals surface area contributed by atoms with Crippen LogP contribution < -0.4 is 5.56 Å². The molecule has 3 aromatic rings. The molecule has 7 nitrogen and oxygen atoms in total. The van der Waals surface area contributed by atoms with Crippen LogP contribution in [0, 0.1) is 5.82 Å². The molecule has 0 spiro atoms. The van der Waals surface area contributed by atoms with Crippen molar-refractivity contribution in [1.29, 1.82) is 0 Å². The first kappa shape index (κ1) is 27.2. The van der Waals surface area contributed by atoms with Gasteiger partial charge in [-0.05, 0) is 48.0 Å². The maximum atomic E-state index is 13.9. The van der Waals surface area contributed by atoms with E-state index < -0.39 is 30.0 Å². The molecule has 2 heterocycles. The van der Waals surface area contributed by atoms with Gasteiger partial charge in [-0.1, -0.05) is 38.4 Å². The Balaban J connectivity index is 2.05. The van der Waals surface area contributed by atoms with Crippen molar-refractivity contribution in [2.24, 2.45) is 0 Å². The van der Waals surface area contributed by atoms with Gasteiger partial charge < -0.3 is 8.99 Å². The fourth-order valence-electron chi connectivity index (χ4n) is 3.15. The van der Waals surface area contributed by atoms with Crippen LogP contribution in [0.1, 0.15) is 32.4 Å². The van der Waals surface area contributed by atoms with Gasteiger partial charge >= 0.3 is 0 Å². The molecule has 2 aromatic heterocycles. The van der Waals surface area contributed by atoms with Crippen LogP contribution in [-0.4, -0.2) is 44.1 Å². The van der Waals surface area contributed by atoms with E-state index in [1.165, 1.54) is 35.0 Å². The summed E-state index contributed by atoms with van der Waals surface area (Å²) < 4.78 is 45.4. The summed E-state index contributed by atoms with van der Waals surface area (Å²) >= 11 is 6.05. The minimum atomic E-state index is -3.60. The zero-order chi connectivity index (χ0) is 26.2. The van der Waals surface area contributed by atoms with Crippen LogP contribution in [0.3, 0.4) is 0 Å². The van der Waals surface area contributed by atoms with Crippen molar-refractivity contribution < 1.29 is 17.2 Å². The second-order valence-electron chi connectivity index (χ2n) is 9.92. The molecule has 0 unspecified atom stereocenters. The highest BCUT2D eigenvalue weighted by molar-refractivity contribution is 7.90. The molecule has 0 radical (unpaired) electrons. The summed E-state index contributed by atoms with van der Waals surface area (Å²) in [4.78, 5) is 21.1. The molecule has 35 heavy (non-hydrogen) atoms. The molecule has 0 aliphatic rings. The van der Waals surface area contributed by atoms with Gasteiger partial charge in [-0.3, -0.25) is 4.79 Å². The fourth-order valence-corrected chi connectivity index (χ4v) is 4.86. The monoisotopic (exact) mass is 537 g/mol. The standard InChI is InChI=1S/C24H29ClFN3O4SSi/c1-24(2,3)35(5,6)33-15-21(17-7-8-19(26)18(25)13-17)29-12-10-16(14-22(29)30)20-9-11-27-23(28-20)34(4,31)32/h7-14,21H,15H2,1-6H3/t21-/m1/s1. The molecule has 0 amide bonds. The van der Waals surface area contributed by atoms with Crippen molar-refractivity contribution in [1.82, 2.24) is 14.5 Å². The molecule has 0 aliphatic heterocycles. The van der Waals surface area contributed by atoms with E-state index in [-0.39, 0.29) is 27.4 Å². The highest BCUT2D eigenvalue weighted by Crippen LogP contribution is 2.37. The number of halogens is 2. The molecular weight excluding hydrogens is 509 g/mol. The largest absolute Gasteiger partial charge is 0.414 e. The molecule has 1 aromatic carbocycles. The molecule has 3 rings (SSSR count). The molecule has 188 valence electrons. The first-order valence-electron chi connectivity index (χ1n) is 10.9. The zero-order valence-electron chi connectivity index (χ0n) is 20.5. The van der Waals surface area contributed by atoms with Crippen LogP contribution in [0.2, 0.25) is 23.2 Å². The Morgan fingerprint density at radius 2 is 1.86 bits per heavy atom. The Kier molecular flexibility index (Phi) is 7.71. The predicted molar refractivity (Wildman–Crippen MR) is 138 cm³/mol. The van der Waals surface area contributed by atoms with Gasteiger partial charge in [0, 0.05) is 30.3 Å². The van der Waals surface area contributed by atoms with Crippen molar-refractivity contribution in [3.63, 3.8) is 0 Å². The Morgan fingerprint density at radius 1 is 1.17 bits per heavy atom. The van der Waals surface area contributed by atoms with Gasteiger partial charge in [0.15, 0.2) is 8.32 Å². The van der Waals surface area contributed by atoms with Gasteiger partial charge in [0.1, 0.15) is 5.82 Å². The van der Waals surface area contributed by atoms with E-state index in [1.807, 2.05) is 0 Å². The normalized spacial score (nSPS) is 13.6. The molecule has 0 fully saturated rings. The number of sulfone groups is 1. The minimum absolute atomic E-state index is 0.0428. The topological polar surface area (TPSA) is 91.2 Å². The van der Waals surface area contributed by atoms with E-state index in [9.17, 15) is 17.6 Å². The summed E-state index contributed by atoms with van der Waals surface area (Å²) in [5, 5.41) is -0.406. The lowest BCUT2D eigenvalue weighted by atomic mass is 10.1. The molecule has 0 aliphatic carbocycles. The summed E-state index contributed by atoms with van der Waals surface area (Å²) in [6.07, 6.45) is 3.95. The highest BCUT2D eigenvalue weighted by atomic mass is 35.5. The molecule has 11 heteroatoms. The van der Waals surface area contributed by atoms with E-state index in [0.717, 1.165) is 6.26 Å². The number of benzene rings is 1. The zero-order valence-corrected chi connectivity index (χ0v) is 23.1. The summed E-state index contributed by atoms with van der Waals surface area (Å²) in [6.45, 7) is 10.8. The van der Waals surface area contributed by atoms with Gasteiger partial charge in [-0.2, -0.15) is 0 Å². The van der Waals surface area contributed by atoms with Gasteiger partial charge in [0.05, 0.1) is 23.4 Å². The van der Waals surface area contributed by atoms with Crippen molar-refractivity contribution in [3.05, 3.63) is 75.5 Å². The molecular formula is C24H29ClFN3O4SSi. The smallest absolute Gasteiger partial charge is 0.251 e. The van der Waals surface area contributed by atoms with Crippen LogP contribution >= 0.6 is 11.6 Å². The van der Waals surface area contributed by atoms with Crippen molar-refractivity contribution in [2.45, 2.75) is 50.1 Å². The maximum absolute atomic E-state index is 13.9. The summed E-state index contributed by atoms with van der Waals surface area (Å²) in [5.74, 6) is -0.549. The van der Waals surface area contributed by atoms with Crippen LogP contribution in [0.5, 0.6) is 0 Å². The molecule has 0 saturated heterocycles. The fraction of sp³-hybridized carbons (Fsp3) is 0.375. The first-order valence-corrected chi connectivity index (χ1v) is 16.1. The summed E-state index contributed by atoms with van der Waals surface area (Å²) in [7, 11) is -5.76. The average molecular weight is 538 g/mol. The van der Waals surface area contributed by atoms with E-state index in [2.05, 4.69) is 43.8 Å². The minimum Gasteiger partial charge on any atom is -0.414 e. The molecule has 1 atom stereocenters. The second-order valence-corrected chi connectivity index (χ2v) is 17.0. The SMILES string of the molecule is CC(C)(C)[Si](C)(C)OC[C@H](c1ccc(F)c(Cl)c1)n1ccc(-c2ccnc(S(C)(=O)=O)n2)cc1=O. The second kappa shape index (κ2) is 9.92.